The quantitative estimate of drug-likeness (QED) is 0.315. The van der Waals surface area contributed by atoms with E-state index in [1.165, 1.54) is 36.5 Å². The summed E-state index contributed by atoms with van der Waals surface area (Å²) in [6.45, 7) is 0. The van der Waals surface area contributed by atoms with E-state index in [1.54, 1.807) is 10.7 Å². The van der Waals surface area contributed by atoms with Gasteiger partial charge < -0.3 is 5.11 Å². The number of nitrogens with zero attached hydrogens (tertiary/aromatic N) is 2. The van der Waals surface area contributed by atoms with Gasteiger partial charge in [0.05, 0.1) is 22.4 Å². The summed E-state index contributed by atoms with van der Waals surface area (Å²) >= 11 is 12.8. The summed E-state index contributed by atoms with van der Waals surface area (Å²) in [5, 5.41) is 16.1. The zero-order valence-electron chi connectivity index (χ0n) is 15.8. The number of hydrogen-bond acceptors (Lipinski definition) is 3. The number of benzene rings is 3. The Kier molecular flexibility index (Phi) is 5.96. The Morgan fingerprint density at radius 2 is 1.71 bits per heavy atom. The summed E-state index contributed by atoms with van der Waals surface area (Å²) in [4.78, 5) is 0.356. The maximum absolute atomic E-state index is 14.0. The molecule has 0 spiro atoms. The number of alkyl halides is 3. The van der Waals surface area contributed by atoms with Gasteiger partial charge in [0.2, 0.25) is 0 Å². The molecule has 0 aliphatic rings. The van der Waals surface area contributed by atoms with E-state index in [0.717, 1.165) is 17.4 Å². The number of fused-ring (bicyclic) bond motifs is 1. The van der Waals surface area contributed by atoms with Crippen molar-refractivity contribution < 1.29 is 18.3 Å². The van der Waals surface area contributed by atoms with Gasteiger partial charge in [0.25, 0.3) is 0 Å². The van der Waals surface area contributed by atoms with Crippen LogP contribution in [-0.2, 0) is 5.60 Å². The van der Waals surface area contributed by atoms with Crippen LogP contribution in [0.4, 0.5) is 13.2 Å². The molecular formula is C22H15Cl2F3N2OS. The van der Waals surface area contributed by atoms with Crippen LogP contribution in [0.2, 0.25) is 10.0 Å². The SMILES string of the molecule is OC(CSc1cc(Cl)ccc1Cl)(c1ccc2c(cnn2-c2ccccc2)c1)C(F)(F)F. The molecule has 1 heterocycles. The molecule has 0 amide bonds. The van der Waals surface area contributed by atoms with Gasteiger partial charge in [-0.15, -0.1) is 11.8 Å². The van der Waals surface area contributed by atoms with Crippen LogP contribution in [-0.4, -0.2) is 26.8 Å². The average molecular weight is 483 g/mol. The minimum absolute atomic E-state index is 0.263. The molecule has 0 aliphatic carbocycles. The lowest BCUT2D eigenvalue weighted by Crippen LogP contribution is -2.44. The van der Waals surface area contributed by atoms with E-state index in [2.05, 4.69) is 5.10 Å². The molecule has 0 aliphatic heterocycles. The predicted octanol–water partition coefficient (Wildman–Crippen LogP) is 6.87. The normalized spacial score (nSPS) is 14.0. The van der Waals surface area contributed by atoms with Crippen LogP contribution in [0.5, 0.6) is 0 Å². The van der Waals surface area contributed by atoms with E-state index in [9.17, 15) is 18.3 Å². The number of halogens is 5. The third-order valence-electron chi connectivity index (χ3n) is 4.85. The van der Waals surface area contributed by atoms with Gasteiger partial charge >= 0.3 is 6.18 Å². The molecule has 0 saturated carbocycles. The fraction of sp³-hybridized carbons (Fsp3) is 0.136. The highest BCUT2D eigenvalue weighted by molar-refractivity contribution is 7.99. The molecule has 31 heavy (non-hydrogen) atoms. The largest absolute Gasteiger partial charge is 0.422 e. The maximum Gasteiger partial charge on any atom is 0.422 e. The van der Waals surface area contributed by atoms with Crippen molar-refractivity contribution in [3.63, 3.8) is 0 Å². The van der Waals surface area contributed by atoms with Crippen molar-refractivity contribution in [1.29, 1.82) is 0 Å². The van der Waals surface area contributed by atoms with Gasteiger partial charge in [0.15, 0.2) is 5.60 Å². The monoisotopic (exact) mass is 482 g/mol. The van der Waals surface area contributed by atoms with Crippen molar-refractivity contribution in [1.82, 2.24) is 9.78 Å². The number of aromatic nitrogens is 2. The van der Waals surface area contributed by atoms with Crippen molar-refractivity contribution in [3.05, 3.63) is 88.5 Å². The number of hydrogen-bond donors (Lipinski definition) is 1. The molecule has 1 aromatic heterocycles. The fourth-order valence-electron chi connectivity index (χ4n) is 3.16. The van der Waals surface area contributed by atoms with E-state index >= 15 is 0 Å². The second-order valence-electron chi connectivity index (χ2n) is 6.89. The molecule has 0 radical (unpaired) electrons. The van der Waals surface area contributed by atoms with Gasteiger partial charge in [0.1, 0.15) is 0 Å². The lowest BCUT2D eigenvalue weighted by atomic mass is 9.94. The Morgan fingerprint density at radius 1 is 0.968 bits per heavy atom. The Balaban J connectivity index is 1.71. The zero-order chi connectivity index (χ0) is 22.2. The van der Waals surface area contributed by atoms with Gasteiger partial charge in [-0.2, -0.15) is 18.3 Å². The van der Waals surface area contributed by atoms with Gasteiger partial charge in [-0.1, -0.05) is 47.5 Å². The topological polar surface area (TPSA) is 38.1 Å². The van der Waals surface area contributed by atoms with Crippen LogP contribution in [0.3, 0.4) is 0 Å². The van der Waals surface area contributed by atoms with Crippen molar-refractivity contribution in [2.24, 2.45) is 0 Å². The van der Waals surface area contributed by atoms with Gasteiger partial charge in [-0.3, -0.25) is 0 Å². The number of para-hydroxylation sites is 1. The Hall–Kier alpha value is -2.19. The number of aliphatic hydroxyl groups is 1. The molecule has 0 fully saturated rings. The Morgan fingerprint density at radius 3 is 2.42 bits per heavy atom. The van der Waals surface area contributed by atoms with Crippen LogP contribution in [0.1, 0.15) is 5.56 Å². The van der Waals surface area contributed by atoms with Crippen LogP contribution < -0.4 is 0 Å². The molecular weight excluding hydrogens is 468 g/mol. The maximum atomic E-state index is 14.0. The third-order valence-corrected chi connectivity index (χ3v) is 6.73. The molecule has 4 aromatic rings. The van der Waals surface area contributed by atoms with E-state index in [0.29, 0.717) is 20.8 Å². The Bertz CT molecular complexity index is 1230. The summed E-state index contributed by atoms with van der Waals surface area (Å²) in [6.07, 6.45) is -3.43. The van der Waals surface area contributed by atoms with Crippen LogP contribution in [0.15, 0.2) is 77.8 Å². The number of thioether (sulfide) groups is 1. The summed E-state index contributed by atoms with van der Waals surface area (Å²) in [5.74, 6) is -0.686. The van der Waals surface area contributed by atoms with Gasteiger partial charge in [-0.25, -0.2) is 4.68 Å². The summed E-state index contributed by atoms with van der Waals surface area (Å²) in [5.41, 5.74) is -1.95. The van der Waals surface area contributed by atoms with Crippen LogP contribution in [0, 0.1) is 0 Å². The van der Waals surface area contributed by atoms with Gasteiger partial charge in [-0.05, 0) is 48.0 Å². The van der Waals surface area contributed by atoms with Crippen LogP contribution >= 0.6 is 35.0 Å². The first kappa shape index (κ1) is 22.0. The standard InChI is InChI=1S/C22H15Cl2F3N2OS/c23-16-7-8-18(24)20(11-16)31-13-21(30,22(25,26)27)15-6-9-19-14(10-15)12-28-29(19)17-4-2-1-3-5-17/h1-12,30H,13H2. The molecule has 3 nitrogen and oxygen atoms in total. The van der Waals surface area contributed by atoms with Crippen molar-refractivity contribution >= 4 is 45.9 Å². The molecule has 4 rings (SSSR count). The van der Waals surface area contributed by atoms with E-state index in [-0.39, 0.29) is 10.6 Å². The summed E-state index contributed by atoms with van der Waals surface area (Å²) in [6, 6.07) is 17.9. The minimum Gasteiger partial charge on any atom is -0.376 e. The molecule has 1 atom stereocenters. The number of rotatable bonds is 5. The first-order chi connectivity index (χ1) is 14.7. The van der Waals surface area contributed by atoms with E-state index in [1.807, 2.05) is 30.3 Å². The highest BCUT2D eigenvalue weighted by Crippen LogP contribution is 2.44. The minimum atomic E-state index is -4.91. The molecule has 9 heteroatoms. The summed E-state index contributed by atoms with van der Waals surface area (Å²) < 4.78 is 43.6. The highest BCUT2D eigenvalue weighted by Gasteiger charge is 2.55. The van der Waals surface area contributed by atoms with E-state index < -0.39 is 17.5 Å². The smallest absolute Gasteiger partial charge is 0.376 e. The molecule has 1 N–H and O–H groups in total. The lowest BCUT2D eigenvalue weighted by Gasteiger charge is -2.31. The summed E-state index contributed by atoms with van der Waals surface area (Å²) in [7, 11) is 0. The lowest BCUT2D eigenvalue weighted by molar-refractivity contribution is -0.256. The van der Waals surface area contributed by atoms with E-state index in [4.69, 9.17) is 23.2 Å². The van der Waals surface area contributed by atoms with Crippen molar-refractivity contribution in [2.75, 3.05) is 5.75 Å². The second kappa shape index (κ2) is 8.39. The molecule has 160 valence electrons. The van der Waals surface area contributed by atoms with Crippen molar-refractivity contribution in [3.8, 4) is 5.69 Å². The average Bonchev–Trinajstić information content (AvgIpc) is 3.17. The third kappa shape index (κ3) is 4.28. The molecule has 0 bridgehead atoms. The highest BCUT2D eigenvalue weighted by atomic mass is 35.5. The molecule has 3 aromatic carbocycles. The Labute approximate surface area is 190 Å². The second-order valence-corrected chi connectivity index (χ2v) is 8.75. The first-order valence-corrected chi connectivity index (χ1v) is 10.8. The zero-order valence-corrected chi connectivity index (χ0v) is 18.1. The first-order valence-electron chi connectivity index (χ1n) is 9.10. The van der Waals surface area contributed by atoms with Crippen molar-refractivity contribution in [2.45, 2.75) is 16.7 Å². The van der Waals surface area contributed by atoms with Crippen LogP contribution in [0.25, 0.3) is 16.6 Å². The molecule has 1 unspecified atom stereocenters. The molecule has 0 saturated heterocycles. The fourth-order valence-corrected chi connectivity index (χ4v) is 4.79. The van der Waals surface area contributed by atoms with Gasteiger partial charge in [0, 0.05) is 21.1 Å². The predicted molar refractivity (Wildman–Crippen MR) is 118 cm³/mol.